The number of aliphatic hydroxyl groups is 1. The van der Waals surface area contributed by atoms with Gasteiger partial charge in [-0.2, -0.15) is 0 Å². The van der Waals surface area contributed by atoms with E-state index in [2.05, 4.69) is 4.98 Å². The van der Waals surface area contributed by atoms with Crippen molar-refractivity contribution in [3.05, 3.63) is 29.6 Å². The average Bonchev–Trinajstić information content (AvgIpc) is 2.33. The van der Waals surface area contributed by atoms with Crippen molar-refractivity contribution in [3.8, 4) is 0 Å². The van der Waals surface area contributed by atoms with E-state index in [4.69, 9.17) is 0 Å². The number of likely N-dealkylation sites (tertiary alicyclic amines) is 1. The fourth-order valence-corrected chi connectivity index (χ4v) is 2.07. The minimum absolute atomic E-state index is 0.0633. The van der Waals surface area contributed by atoms with Crippen LogP contribution in [0.1, 0.15) is 37.1 Å². The molecule has 2 rings (SSSR count). The lowest BCUT2D eigenvalue weighted by molar-refractivity contribution is -0.0566. The van der Waals surface area contributed by atoms with Gasteiger partial charge in [0.15, 0.2) is 0 Å². The lowest BCUT2D eigenvalue weighted by Gasteiger charge is -2.31. The lowest BCUT2D eigenvalue weighted by Crippen LogP contribution is -2.38. The summed E-state index contributed by atoms with van der Waals surface area (Å²) in [6, 6.07) is 3.67. The maximum Gasteiger partial charge on any atom is 0.250 e. The number of pyridine rings is 1. The summed E-state index contributed by atoms with van der Waals surface area (Å²) in [5.74, 6) is -2.50. The van der Waals surface area contributed by atoms with E-state index < -0.39 is 12.0 Å². The highest BCUT2D eigenvalue weighted by Gasteiger charge is 2.33. The normalized spacial score (nSPS) is 21.8. The van der Waals surface area contributed by atoms with Gasteiger partial charge in [-0.15, -0.1) is 0 Å². The summed E-state index contributed by atoms with van der Waals surface area (Å²) in [6.07, 6.45) is 1.00. The Hall–Kier alpha value is -1.07. The molecule has 0 bridgehead atoms. The van der Waals surface area contributed by atoms with Gasteiger partial charge >= 0.3 is 0 Å². The van der Waals surface area contributed by atoms with Crippen LogP contribution in [0.25, 0.3) is 0 Å². The van der Waals surface area contributed by atoms with Crippen molar-refractivity contribution in [3.63, 3.8) is 0 Å². The Morgan fingerprint density at radius 1 is 1.39 bits per heavy atom. The Balaban J connectivity index is 1.90. The van der Waals surface area contributed by atoms with E-state index in [-0.39, 0.29) is 12.8 Å². The topological polar surface area (TPSA) is 36.4 Å². The number of halogens is 2. The van der Waals surface area contributed by atoms with Crippen LogP contribution < -0.4 is 0 Å². The molecule has 5 heteroatoms. The lowest BCUT2D eigenvalue weighted by atomic mass is 10.1. The van der Waals surface area contributed by atoms with Crippen LogP contribution in [0.2, 0.25) is 0 Å². The van der Waals surface area contributed by atoms with E-state index in [0.29, 0.717) is 25.3 Å². The predicted molar refractivity (Wildman–Crippen MR) is 64.3 cm³/mol. The number of aromatic nitrogens is 1. The zero-order chi connectivity index (χ0) is 13.2. The molecule has 1 aromatic rings. The smallest absolute Gasteiger partial charge is 0.250 e. The van der Waals surface area contributed by atoms with Gasteiger partial charge in [0, 0.05) is 38.7 Å². The van der Waals surface area contributed by atoms with Gasteiger partial charge in [-0.1, -0.05) is 6.07 Å². The number of hydrogen-bond acceptors (Lipinski definition) is 3. The Kier molecular flexibility index (Phi) is 3.92. The van der Waals surface area contributed by atoms with Crippen molar-refractivity contribution in [2.75, 3.05) is 13.1 Å². The Morgan fingerprint density at radius 3 is 2.56 bits per heavy atom. The average molecular weight is 256 g/mol. The van der Waals surface area contributed by atoms with Crippen molar-refractivity contribution in [1.29, 1.82) is 0 Å². The molecule has 1 aromatic heterocycles. The quantitative estimate of drug-likeness (QED) is 0.902. The number of aliphatic hydroxyl groups excluding tert-OH is 1. The molecule has 1 unspecified atom stereocenters. The number of piperidine rings is 1. The number of nitrogens with zero attached hydrogens (tertiary/aromatic N) is 2. The monoisotopic (exact) mass is 256 g/mol. The number of alkyl halides is 2. The second-order valence-electron chi connectivity index (χ2n) is 4.90. The Bertz CT molecular complexity index is 382. The van der Waals surface area contributed by atoms with Crippen molar-refractivity contribution in [1.82, 2.24) is 9.88 Å². The van der Waals surface area contributed by atoms with Crippen LogP contribution >= 0.6 is 0 Å². The maximum atomic E-state index is 13.0. The van der Waals surface area contributed by atoms with Crippen LogP contribution in [-0.4, -0.2) is 34.0 Å². The van der Waals surface area contributed by atoms with E-state index in [1.807, 2.05) is 11.0 Å². The molecule has 1 aliphatic rings. The van der Waals surface area contributed by atoms with Crippen LogP contribution in [-0.2, 0) is 6.54 Å². The first-order valence-corrected chi connectivity index (χ1v) is 6.19. The number of rotatable bonds is 3. The van der Waals surface area contributed by atoms with Crippen LogP contribution in [0.3, 0.4) is 0 Å². The second-order valence-corrected chi connectivity index (χ2v) is 4.90. The van der Waals surface area contributed by atoms with Crippen molar-refractivity contribution in [2.45, 2.75) is 38.3 Å². The van der Waals surface area contributed by atoms with E-state index in [1.165, 1.54) is 0 Å². The van der Waals surface area contributed by atoms with Gasteiger partial charge in [0.2, 0.25) is 0 Å². The zero-order valence-corrected chi connectivity index (χ0v) is 10.4. The Morgan fingerprint density at radius 2 is 2.06 bits per heavy atom. The van der Waals surface area contributed by atoms with Crippen molar-refractivity contribution < 1.29 is 13.9 Å². The SMILES string of the molecule is CC(O)c1ccc(CN2CCC(F)(F)CC2)cn1. The molecule has 1 aliphatic heterocycles. The molecular weight excluding hydrogens is 238 g/mol. The van der Waals surface area contributed by atoms with Gasteiger partial charge in [-0.05, 0) is 18.6 Å². The Labute approximate surface area is 105 Å². The summed E-state index contributed by atoms with van der Waals surface area (Å²) in [4.78, 5) is 6.16. The second kappa shape index (κ2) is 5.28. The minimum atomic E-state index is -2.50. The molecule has 100 valence electrons. The van der Waals surface area contributed by atoms with Crippen molar-refractivity contribution >= 4 is 0 Å². The molecule has 0 aromatic carbocycles. The van der Waals surface area contributed by atoms with E-state index in [9.17, 15) is 13.9 Å². The van der Waals surface area contributed by atoms with Crippen molar-refractivity contribution in [2.24, 2.45) is 0 Å². The van der Waals surface area contributed by atoms with E-state index in [0.717, 1.165) is 5.56 Å². The first kappa shape index (κ1) is 13.4. The van der Waals surface area contributed by atoms with Gasteiger partial charge in [-0.3, -0.25) is 9.88 Å². The molecule has 1 fully saturated rings. The first-order chi connectivity index (χ1) is 8.46. The van der Waals surface area contributed by atoms with Gasteiger partial charge in [0.1, 0.15) is 0 Å². The third kappa shape index (κ3) is 3.46. The molecule has 1 atom stereocenters. The highest BCUT2D eigenvalue weighted by atomic mass is 19.3. The minimum Gasteiger partial charge on any atom is -0.387 e. The first-order valence-electron chi connectivity index (χ1n) is 6.19. The van der Waals surface area contributed by atoms with Crippen LogP contribution in [0.5, 0.6) is 0 Å². The van der Waals surface area contributed by atoms with Gasteiger partial charge in [-0.25, -0.2) is 8.78 Å². The summed E-state index contributed by atoms with van der Waals surface area (Å²) in [5.41, 5.74) is 1.62. The molecule has 0 spiro atoms. The molecule has 0 aliphatic carbocycles. The summed E-state index contributed by atoms with van der Waals surface area (Å²) in [6.45, 7) is 3.15. The van der Waals surface area contributed by atoms with Crippen LogP contribution in [0.15, 0.2) is 18.3 Å². The third-order valence-electron chi connectivity index (χ3n) is 3.27. The predicted octanol–water partition coefficient (Wildman–Crippen LogP) is 2.37. The highest BCUT2D eigenvalue weighted by Crippen LogP contribution is 2.28. The molecular formula is C13H18F2N2O. The summed E-state index contributed by atoms with van der Waals surface area (Å²) >= 11 is 0. The van der Waals surface area contributed by atoms with Gasteiger partial charge in [0.05, 0.1) is 11.8 Å². The molecule has 0 saturated carbocycles. The standard InChI is InChI=1S/C13H18F2N2O/c1-10(18)12-3-2-11(8-16-12)9-17-6-4-13(14,15)5-7-17/h2-3,8,10,18H,4-7,9H2,1H3. The highest BCUT2D eigenvalue weighted by molar-refractivity contribution is 5.15. The zero-order valence-electron chi connectivity index (χ0n) is 10.4. The number of hydrogen-bond donors (Lipinski definition) is 1. The molecule has 2 heterocycles. The molecule has 1 saturated heterocycles. The molecule has 3 nitrogen and oxygen atoms in total. The van der Waals surface area contributed by atoms with Gasteiger partial charge in [0.25, 0.3) is 5.92 Å². The van der Waals surface area contributed by atoms with Gasteiger partial charge < -0.3 is 5.11 Å². The maximum absolute atomic E-state index is 13.0. The molecule has 0 amide bonds. The summed E-state index contributed by atoms with van der Waals surface area (Å²) < 4.78 is 26.0. The summed E-state index contributed by atoms with van der Waals surface area (Å²) in [5, 5.41) is 9.34. The van der Waals surface area contributed by atoms with Crippen LogP contribution in [0, 0.1) is 0 Å². The fourth-order valence-electron chi connectivity index (χ4n) is 2.07. The van der Waals surface area contributed by atoms with Crippen LogP contribution in [0.4, 0.5) is 8.78 Å². The third-order valence-corrected chi connectivity index (χ3v) is 3.27. The fraction of sp³-hybridized carbons (Fsp3) is 0.615. The molecule has 0 radical (unpaired) electrons. The summed E-state index contributed by atoms with van der Waals surface area (Å²) in [7, 11) is 0. The molecule has 18 heavy (non-hydrogen) atoms. The van der Waals surface area contributed by atoms with E-state index >= 15 is 0 Å². The van der Waals surface area contributed by atoms with E-state index in [1.54, 1.807) is 19.2 Å². The largest absolute Gasteiger partial charge is 0.387 e. The molecule has 1 N–H and O–H groups in total.